The third-order valence-corrected chi connectivity index (χ3v) is 2.71. The van der Waals surface area contributed by atoms with E-state index >= 15 is 0 Å². The number of azo groups is 1. The summed E-state index contributed by atoms with van der Waals surface area (Å²) in [6.45, 7) is 1.90. The maximum absolute atomic E-state index is 5.94. The summed E-state index contributed by atoms with van der Waals surface area (Å²) < 4.78 is 0. The van der Waals surface area contributed by atoms with Gasteiger partial charge in [-0.05, 0) is 25.1 Å². The van der Waals surface area contributed by atoms with E-state index in [2.05, 4.69) is 20.2 Å². The van der Waals surface area contributed by atoms with E-state index in [1.807, 2.05) is 25.1 Å². The topological polar surface area (TPSA) is 50.5 Å². The molecule has 2 aromatic heterocycles. The standard InChI is InChI=1S/C12H10Cl2N4/c1-8(11-4-2-3-5-15-11)17-18-12-10(14)6-9(13)7-16-12/h2-8H,1H3. The van der Waals surface area contributed by atoms with E-state index in [-0.39, 0.29) is 6.04 Å². The fourth-order valence-electron chi connectivity index (χ4n) is 1.30. The molecule has 1 unspecified atom stereocenters. The average Bonchev–Trinajstić information content (AvgIpc) is 2.38. The van der Waals surface area contributed by atoms with Crippen molar-refractivity contribution in [3.05, 3.63) is 52.4 Å². The average molecular weight is 281 g/mol. The van der Waals surface area contributed by atoms with Crippen molar-refractivity contribution in [3.8, 4) is 0 Å². The lowest BCUT2D eigenvalue weighted by molar-refractivity contribution is 0.733. The number of hydrogen-bond donors (Lipinski definition) is 0. The van der Waals surface area contributed by atoms with Gasteiger partial charge in [-0.1, -0.05) is 29.3 Å². The van der Waals surface area contributed by atoms with Crippen LogP contribution < -0.4 is 0 Å². The maximum atomic E-state index is 5.94. The lowest BCUT2D eigenvalue weighted by Crippen LogP contribution is -1.91. The van der Waals surface area contributed by atoms with Crippen LogP contribution in [0.2, 0.25) is 10.0 Å². The summed E-state index contributed by atoms with van der Waals surface area (Å²) in [6, 6.07) is 7.07. The maximum Gasteiger partial charge on any atom is 0.192 e. The number of rotatable bonds is 3. The fraction of sp³-hybridized carbons (Fsp3) is 0.167. The summed E-state index contributed by atoms with van der Waals surface area (Å²) in [5, 5.41) is 8.98. The zero-order valence-corrected chi connectivity index (χ0v) is 11.1. The number of nitrogens with zero attached hydrogens (tertiary/aromatic N) is 4. The molecule has 18 heavy (non-hydrogen) atoms. The summed E-state index contributed by atoms with van der Waals surface area (Å²) in [5.41, 5.74) is 0.839. The second-order valence-electron chi connectivity index (χ2n) is 3.61. The predicted octanol–water partition coefficient (Wildman–Crippen LogP) is 4.63. The van der Waals surface area contributed by atoms with Crippen LogP contribution in [0.5, 0.6) is 0 Å². The zero-order chi connectivity index (χ0) is 13.0. The molecule has 92 valence electrons. The Balaban J connectivity index is 2.16. The molecule has 0 aromatic carbocycles. The quantitative estimate of drug-likeness (QED) is 0.770. The van der Waals surface area contributed by atoms with Gasteiger partial charge in [0.1, 0.15) is 6.04 Å². The minimum absolute atomic E-state index is 0.153. The van der Waals surface area contributed by atoms with Gasteiger partial charge in [-0.15, -0.1) is 5.11 Å². The molecule has 0 aliphatic carbocycles. The van der Waals surface area contributed by atoms with E-state index in [4.69, 9.17) is 23.2 Å². The molecule has 2 rings (SSSR count). The van der Waals surface area contributed by atoms with Crippen molar-refractivity contribution in [2.24, 2.45) is 10.2 Å². The molecule has 0 amide bonds. The number of pyridine rings is 2. The summed E-state index contributed by atoms with van der Waals surface area (Å²) >= 11 is 11.7. The Bertz CT molecular complexity index is 557. The molecule has 2 heterocycles. The summed E-state index contributed by atoms with van der Waals surface area (Å²) in [6.07, 6.45) is 3.20. The largest absolute Gasteiger partial charge is 0.259 e. The summed E-state index contributed by atoms with van der Waals surface area (Å²) in [7, 11) is 0. The molecule has 0 aliphatic heterocycles. The number of hydrogen-bond acceptors (Lipinski definition) is 4. The smallest absolute Gasteiger partial charge is 0.192 e. The van der Waals surface area contributed by atoms with E-state index in [1.165, 1.54) is 6.20 Å². The predicted molar refractivity (Wildman–Crippen MR) is 71.4 cm³/mol. The minimum Gasteiger partial charge on any atom is -0.259 e. The van der Waals surface area contributed by atoms with E-state index < -0.39 is 0 Å². The van der Waals surface area contributed by atoms with Crippen molar-refractivity contribution in [1.29, 1.82) is 0 Å². The number of aromatic nitrogens is 2. The van der Waals surface area contributed by atoms with Crippen LogP contribution in [0.4, 0.5) is 5.82 Å². The van der Waals surface area contributed by atoms with Gasteiger partial charge >= 0.3 is 0 Å². The highest BCUT2D eigenvalue weighted by atomic mass is 35.5. The number of halogens is 2. The molecule has 0 bridgehead atoms. The van der Waals surface area contributed by atoms with Crippen LogP contribution in [-0.4, -0.2) is 9.97 Å². The van der Waals surface area contributed by atoms with Crippen molar-refractivity contribution in [3.63, 3.8) is 0 Å². The molecular weight excluding hydrogens is 271 g/mol. The molecule has 0 saturated heterocycles. The van der Waals surface area contributed by atoms with Crippen LogP contribution in [-0.2, 0) is 0 Å². The van der Waals surface area contributed by atoms with Crippen molar-refractivity contribution in [2.75, 3.05) is 0 Å². The monoisotopic (exact) mass is 280 g/mol. The Morgan fingerprint density at radius 2 is 2.06 bits per heavy atom. The molecule has 0 fully saturated rings. The van der Waals surface area contributed by atoms with Gasteiger partial charge in [0, 0.05) is 12.4 Å². The van der Waals surface area contributed by atoms with Gasteiger partial charge in [0.15, 0.2) is 5.82 Å². The minimum atomic E-state index is -0.153. The van der Waals surface area contributed by atoms with Gasteiger partial charge < -0.3 is 0 Å². The molecule has 0 aliphatic rings. The fourth-order valence-corrected chi connectivity index (χ4v) is 1.72. The van der Waals surface area contributed by atoms with Crippen LogP contribution in [0.1, 0.15) is 18.7 Å². The SMILES string of the molecule is CC(N=Nc1ncc(Cl)cc1Cl)c1ccccn1. The van der Waals surface area contributed by atoms with Crippen molar-refractivity contribution in [2.45, 2.75) is 13.0 Å². The Kier molecular flexibility index (Phi) is 4.23. The normalized spacial score (nSPS) is 12.8. The van der Waals surface area contributed by atoms with Gasteiger partial charge in [-0.25, -0.2) is 4.98 Å². The van der Waals surface area contributed by atoms with Gasteiger partial charge in [0.2, 0.25) is 0 Å². The van der Waals surface area contributed by atoms with Crippen molar-refractivity contribution >= 4 is 29.0 Å². The molecule has 0 spiro atoms. The van der Waals surface area contributed by atoms with Crippen LogP contribution in [0.3, 0.4) is 0 Å². The molecule has 0 radical (unpaired) electrons. The Morgan fingerprint density at radius 1 is 1.22 bits per heavy atom. The Morgan fingerprint density at radius 3 is 2.72 bits per heavy atom. The lowest BCUT2D eigenvalue weighted by atomic mass is 10.2. The third-order valence-electron chi connectivity index (χ3n) is 2.23. The molecule has 0 saturated carbocycles. The highest BCUT2D eigenvalue weighted by Crippen LogP contribution is 2.26. The molecule has 6 heteroatoms. The molecule has 2 aromatic rings. The van der Waals surface area contributed by atoms with Crippen LogP contribution in [0, 0.1) is 0 Å². The first-order chi connectivity index (χ1) is 8.66. The summed E-state index contributed by atoms with van der Waals surface area (Å²) in [4.78, 5) is 8.20. The van der Waals surface area contributed by atoms with Gasteiger partial charge in [-0.3, -0.25) is 4.98 Å². The first-order valence-corrected chi connectivity index (χ1v) is 6.05. The third kappa shape index (κ3) is 3.24. The van der Waals surface area contributed by atoms with E-state index in [0.717, 1.165) is 5.69 Å². The lowest BCUT2D eigenvalue weighted by Gasteiger charge is -2.03. The van der Waals surface area contributed by atoms with Crippen molar-refractivity contribution < 1.29 is 0 Å². The highest BCUT2D eigenvalue weighted by molar-refractivity contribution is 6.35. The van der Waals surface area contributed by atoms with Gasteiger partial charge in [0.05, 0.1) is 15.7 Å². The van der Waals surface area contributed by atoms with Crippen LogP contribution in [0.25, 0.3) is 0 Å². The second-order valence-corrected chi connectivity index (χ2v) is 4.45. The molecular formula is C12H10Cl2N4. The Labute approximate surface area is 115 Å². The highest BCUT2D eigenvalue weighted by Gasteiger charge is 2.05. The molecule has 4 nitrogen and oxygen atoms in total. The van der Waals surface area contributed by atoms with E-state index in [1.54, 1.807) is 12.3 Å². The molecule has 0 N–H and O–H groups in total. The second kappa shape index (κ2) is 5.89. The first kappa shape index (κ1) is 12.9. The summed E-state index contributed by atoms with van der Waals surface area (Å²) in [5.74, 6) is 0.351. The van der Waals surface area contributed by atoms with Crippen LogP contribution >= 0.6 is 23.2 Å². The van der Waals surface area contributed by atoms with E-state index in [9.17, 15) is 0 Å². The van der Waals surface area contributed by atoms with Crippen LogP contribution in [0.15, 0.2) is 46.9 Å². The first-order valence-electron chi connectivity index (χ1n) is 5.29. The van der Waals surface area contributed by atoms with Crippen molar-refractivity contribution in [1.82, 2.24) is 9.97 Å². The van der Waals surface area contributed by atoms with Gasteiger partial charge in [0.25, 0.3) is 0 Å². The van der Waals surface area contributed by atoms with E-state index in [0.29, 0.717) is 15.9 Å². The molecule has 1 atom stereocenters. The van der Waals surface area contributed by atoms with Gasteiger partial charge in [-0.2, -0.15) is 5.11 Å². The Hall–Kier alpha value is -1.52. The zero-order valence-electron chi connectivity index (χ0n) is 9.59.